The Morgan fingerprint density at radius 2 is 1.86 bits per heavy atom. The highest BCUT2D eigenvalue weighted by atomic mass is 79.9. The van der Waals surface area contributed by atoms with Gasteiger partial charge in [-0.05, 0) is 52.3 Å². The van der Waals surface area contributed by atoms with Crippen molar-refractivity contribution in [2.45, 2.75) is 6.23 Å². The molecule has 0 spiro atoms. The standard InChI is InChI=1S/C21H16BrClN2O3/c1-26-17-7-6-12(9-19(17)27-2)21-25-20(16-5-3-4-8-24-16)13-10-14(22)15(23)11-18(13)28-21/h3-11,21H,1-2H3. The van der Waals surface area contributed by atoms with Crippen LogP contribution in [0.4, 0.5) is 0 Å². The molecule has 0 amide bonds. The van der Waals surface area contributed by atoms with Gasteiger partial charge in [0.15, 0.2) is 11.5 Å². The Morgan fingerprint density at radius 1 is 1.04 bits per heavy atom. The van der Waals surface area contributed by atoms with Gasteiger partial charge in [0, 0.05) is 27.9 Å². The van der Waals surface area contributed by atoms with Crippen molar-refractivity contribution in [3.05, 3.63) is 81.0 Å². The summed E-state index contributed by atoms with van der Waals surface area (Å²) in [6.07, 6.45) is 1.17. The number of pyridine rings is 1. The highest BCUT2D eigenvalue weighted by Crippen LogP contribution is 2.40. The molecule has 1 atom stereocenters. The molecule has 4 rings (SSSR count). The van der Waals surface area contributed by atoms with Crippen LogP contribution >= 0.6 is 27.5 Å². The molecule has 2 heterocycles. The van der Waals surface area contributed by atoms with Crippen molar-refractivity contribution in [2.75, 3.05) is 14.2 Å². The number of halogens is 2. The van der Waals surface area contributed by atoms with Gasteiger partial charge in [-0.2, -0.15) is 0 Å². The fraction of sp³-hybridized carbons (Fsp3) is 0.143. The molecule has 0 bridgehead atoms. The molecule has 1 aliphatic rings. The van der Waals surface area contributed by atoms with Crippen LogP contribution in [0, 0.1) is 0 Å². The topological polar surface area (TPSA) is 52.9 Å². The number of rotatable bonds is 4. The molecule has 0 N–H and O–H groups in total. The van der Waals surface area contributed by atoms with Crippen LogP contribution in [-0.2, 0) is 0 Å². The first-order valence-electron chi connectivity index (χ1n) is 8.48. The fourth-order valence-corrected chi connectivity index (χ4v) is 3.50. The molecule has 0 saturated carbocycles. The number of aliphatic imine (C=N–C) groups is 1. The van der Waals surface area contributed by atoms with Crippen LogP contribution in [0.15, 0.2) is 64.2 Å². The van der Waals surface area contributed by atoms with Crippen LogP contribution < -0.4 is 14.2 Å². The Hall–Kier alpha value is -2.57. The zero-order chi connectivity index (χ0) is 19.7. The first-order valence-corrected chi connectivity index (χ1v) is 9.65. The highest BCUT2D eigenvalue weighted by Gasteiger charge is 2.27. The van der Waals surface area contributed by atoms with E-state index in [-0.39, 0.29) is 0 Å². The third kappa shape index (κ3) is 3.45. The molecule has 0 aliphatic carbocycles. The van der Waals surface area contributed by atoms with Crippen LogP contribution in [0.5, 0.6) is 17.2 Å². The van der Waals surface area contributed by atoms with Crippen molar-refractivity contribution in [3.63, 3.8) is 0 Å². The van der Waals surface area contributed by atoms with E-state index in [9.17, 15) is 0 Å². The van der Waals surface area contributed by atoms with E-state index < -0.39 is 6.23 Å². The number of fused-ring (bicyclic) bond motifs is 1. The summed E-state index contributed by atoms with van der Waals surface area (Å²) in [5.74, 6) is 1.89. The van der Waals surface area contributed by atoms with Gasteiger partial charge in [0.2, 0.25) is 6.23 Å². The van der Waals surface area contributed by atoms with Gasteiger partial charge in [-0.3, -0.25) is 4.98 Å². The van der Waals surface area contributed by atoms with Gasteiger partial charge in [-0.1, -0.05) is 17.7 Å². The van der Waals surface area contributed by atoms with Crippen LogP contribution in [0.3, 0.4) is 0 Å². The quantitative estimate of drug-likeness (QED) is 0.521. The van der Waals surface area contributed by atoms with Gasteiger partial charge in [0.1, 0.15) is 5.75 Å². The summed E-state index contributed by atoms with van der Waals surface area (Å²) in [6, 6.07) is 15.0. The van der Waals surface area contributed by atoms with E-state index in [1.165, 1.54) is 0 Å². The van der Waals surface area contributed by atoms with Crippen LogP contribution in [0.1, 0.15) is 23.0 Å². The number of aromatic nitrogens is 1. The number of methoxy groups -OCH3 is 2. The van der Waals surface area contributed by atoms with Crippen molar-refractivity contribution in [2.24, 2.45) is 4.99 Å². The number of benzene rings is 2. The minimum Gasteiger partial charge on any atom is -0.493 e. The average molecular weight is 460 g/mol. The Morgan fingerprint density at radius 3 is 2.57 bits per heavy atom. The Kier molecular flexibility index (Phi) is 5.24. The molecule has 5 nitrogen and oxygen atoms in total. The second kappa shape index (κ2) is 7.81. The molecule has 7 heteroatoms. The molecule has 0 saturated heterocycles. The normalized spacial score (nSPS) is 15.3. The Labute approximate surface area is 176 Å². The highest BCUT2D eigenvalue weighted by molar-refractivity contribution is 9.10. The molecule has 0 radical (unpaired) electrons. The lowest BCUT2D eigenvalue weighted by molar-refractivity contribution is 0.210. The average Bonchev–Trinajstić information content (AvgIpc) is 2.74. The summed E-state index contributed by atoms with van der Waals surface area (Å²) in [6.45, 7) is 0. The molecular formula is C21H16BrClN2O3. The van der Waals surface area contributed by atoms with Gasteiger partial charge in [-0.15, -0.1) is 0 Å². The van der Waals surface area contributed by atoms with E-state index in [4.69, 9.17) is 30.8 Å². The minimum absolute atomic E-state index is 0.562. The van der Waals surface area contributed by atoms with Crippen molar-refractivity contribution in [1.82, 2.24) is 4.98 Å². The largest absolute Gasteiger partial charge is 0.493 e. The second-order valence-electron chi connectivity index (χ2n) is 6.04. The Balaban J connectivity index is 1.85. The second-order valence-corrected chi connectivity index (χ2v) is 7.30. The third-order valence-electron chi connectivity index (χ3n) is 4.36. The van der Waals surface area contributed by atoms with Crippen molar-refractivity contribution < 1.29 is 14.2 Å². The van der Waals surface area contributed by atoms with Crippen LogP contribution in [0.25, 0.3) is 0 Å². The van der Waals surface area contributed by atoms with Gasteiger partial charge < -0.3 is 14.2 Å². The Bertz CT molecular complexity index is 1060. The molecule has 28 heavy (non-hydrogen) atoms. The molecule has 142 valence electrons. The van der Waals surface area contributed by atoms with E-state index >= 15 is 0 Å². The summed E-state index contributed by atoms with van der Waals surface area (Å²) < 4.78 is 17.7. The lowest BCUT2D eigenvalue weighted by Crippen LogP contribution is -2.19. The van der Waals surface area contributed by atoms with Crippen LogP contribution in [0.2, 0.25) is 5.02 Å². The summed E-state index contributed by atoms with van der Waals surface area (Å²) in [7, 11) is 3.20. The lowest BCUT2D eigenvalue weighted by Gasteiger charge is -2.26. The number of hydrogen-bond acceptors (Lipinski definition) is 5. The van der Waals surface area contributed by atoms with Crippen molar-refractivity contribution in [3.8, 4) is 17.2 Å². The van der Waals surface area contributed by atoms with E-state index in [1.54, 1.807) is 26.5 Å². The molecule has 0 fully saturated rings. The summed E-state index contributed by atoms with van der Waals surface area (Å²) in [5.41, 5.74) is 3.15. The summed E-state index contributed by atoms with van der Waals surface area (Å²) in [4.78, 5) is 9.30. The molecule has 2 aromatic carbocycles. The SMILES string of the molecule is COc1ccc(C2N=C(c3ccccn3)c3cc(Br)c(Cl)cc3O2)cc1OC. The monoisotopic (exact) mass is 458 g/mol. The molecular weight excluding hydrogens is 444 g/mol. The predicted octanol–water partition coefficient (Wildman–Crippen LogP) is 5.44. The third-order valence-corrected chi connectivity index (χ3v) is 5.56. The van der Waals surface area contributed by atoms with E-state index in [1.807, 2.05) is 42.5 Å². The lowest BCUT2D eigenvalue weighted by atomic mass is 10.0. The van der Waals surface area contributed by atoms with Crippen molar-refractivity contribution >= 4 is 33.2 Å². The maximum atomic E-state index is 6.30. The van der Waals surface area contributed by atoms with E-state index in [0.29, 0.717) is 22.3 Å². The van der Waals surface area contributed by atoms with E-state index in [2.05, 4.69) is 20.9 Å². The zero-order valence-corrected chi connectivity index (χ0v) is 17.5. The smallest absolute Gasteiger partial charge is 0.216 e. The van der Waals surface area contributed by atoms with Gasteiger partial charge in [0.25, 0.3) is 0 Å². The molecule has 1 aromatic heterocycles. The summed E-state index contributed by atoms with van der Waals surface area (Å²) >= 11 is 9.78. The zero-order valence-electron chi connectivity index (χ0n) is 15.1. The number of ether oxygens (including phenoxy) is 3. The maximum Gasteiger partial charge on any atom is 0.216 e. The minimum atomic E-state index is -0.568. The number of hydrogen-bond donors (Lipinski definition) is 0. The van der Waals surface area contributed by atoms with Gasteiger partial charge in [-0.25, -0.2) is 4.99 Å². The van der Waals surface area contributed by atoms with Gasteiger partial charge >= 0.3 is 0 Å². The maximum absolute atomic E-state index is 6.30. The summed E-state index contributed by atoms with van der Waals surface area (Å²) in [5, 5.41) is 0.562. The molecule has 1 unspecified atom stereocenters. The van der Waals surface area contributed by atoms with E-state index in [0.717, 1.165) is 27.0 Å². The first kappa shape index (κ1) is 18.8. The first-order chi connectivity index (χ1) is 13.6. The molecule has 3 aromatic rings. The predicted molar refractivity (Wildman–Crippen MR) is 112 cm³/mol. The fourth-order valence-electron chi connectivity index (χ4n) is 3.00. The van der Waals surface area contributed by atoms with Gasteiger partial charge in [0.05, 0.1) is 30.6 Å². The molecule has 1 aliphatic heterocycles. The van der Waals surface area contributed by atoms with Crippen molar-refractivity contribution in [1.29, 1.82) is 0 Å². The van der Waals surface area contributed by atoms with Crippen LogP contribution in [-0.4, -0.2) is 24.9 Å². The number of nitrogens with zero attached hydrogens (tertiary/aromatic N) is 2.